The van der Waals surface area contributed by atoms with Crippen molar-refractivity contribution in [1.82, 2.24) is 4.90 Å². The summed E-state index contributed by atoms with van der Waals surface area (Å²) in [6.45, 7) is 2.96. The van der Waals surface area contributed by atoms with Crippen LogP contribution < -0.4 is 5.73 Å². The van der Waals surface area contributed by atoms with Crippen molar-refractivity contribution in [3.8, 4) is 0 Å². The monoisotopic (exact) mass is 356 g/mol. The van der Waals surface area contributed by atoms with Crippen LogP contribution in [-0.2, 0) is 19.5 Å². The number of nitrogen functional groups attached to an aromatic ring is 1. The highest BCUT2D eigenvalue weighted by atomic mass is 79.9. The molecule has 1 aromatic carbocycles. The van der Waals surface area contributed by atoms with Crippen molar-refractivity contribution in [2.75, 3.05) is 12.3 Å². The topological polar surface area (TPSA) is 29.3 Å². The van der Waals surface area contributed by atoms with Gasteiger partial charge in [0, 0.05) is 34.7 Å². The molecule has 19 heavy (non-hydrogen) atoms. The Morgan fingerprint density at radius 1 is 1.42 bits per heavy atom. The highest BCUT2D eigenvalue weighted by Gasteiger charge is 2.18. The SMILES string of the molecule is Nc1cccc2c1CCN(Cc1cc(Br)c(Cl)s1)C2. The highest BCUT2D eigenvalue weighted by Crippen LogP contribution is 2.33. The molecule has 0 saturated carbocycles. The fourth-order valence-corrected chi connectivity index (χ4v) is 4.36. The van der Waals surface area contributed by atoms with E-state index in [0.29, 0.717) is 0 Å². The van der Waals surface area contributed by atoms with Crippen LogP contribution in [0.2, 0.25) is 4.34 Å². The van der Waals surface area contributed by atoms with E-state index in [1.54, 1.807) is 11.3 Å². The summed E-state index contributed by atoms with van der Waals surface area (Å²) in [6.07, 6.45) is 1.03. The minimum absolute atomic E-state index is 0.830. The lowest BCUT2D eigenvalue weighted by Crippen LogP contribution is -2.30. The molecule has 1 aliphatic rings. The lowest BCUT2D eigenvalue weighted by atomic mass is 9.98. The average molecular weight is 358 g/mol. The lowest BCUT2D eigenvalue weighted by Gasteiger charge is -2.29. The zero-order valence-corrected chi connectivity index (χ0v) is 13.5. The summed E-state index contributed by atoms with van der Waals surface area (Å²) in [6, 6.07) is 8.32. The van der Waals surface area contributed by atoms with Gasteiger partial charge in [-0.2, -0.15) is 0 Å². The Morgan fingerprint density at radius 3 is 3.00 bits per heavy atom. The van der Waals surface area contributed by atoms with Gasteiger partial charge in [0.05, 0.1) is 0 Å². The Balaban J connectivity index is 1.75. The van der Waals surface area contributed by atoms with Gasteiger partial charge in [0.1, 0.15) is 4.34 Å². The molecule has 3 rings (SSSR count). The molecule has 0 amide bonds. The maximum atomic E-state index is 6.09. The van der Waals surface area contributed by atoms with Gasteiger partial charge in [0.25, 0.3) is 0 Å². The summed E-state index contributed by atoms with van der Waals surface area (Å²) < 4.78 is 1.83. The summed E-state index contributed by atoms with van der Waals surface area (Å²) >= 11 is 11.2. The first-order valence-electron chi connectivity index (χ1n) is 6.16. The van der Waals surface area contributed by atoms with Crippen molar-refractivity contribution >= 4 is 44.6 Å². The maximum absolute atomic E-state index is 6.09. The van der Waals surface area contributed by atoms with Crippen LogP contribution in [0.15, 0.2) is 28.7 Å². The van der Waals surface area contributed by atoms with Gasteiger partial charge in [-0.15, -0.1) is 11.3 Å². The number of nitrogens with zero attached hydrogens (tertiary/aromatic N) is 1. The fraction of sp³-hybridized carbons (Fsp3) is 0.286. The Bertz CT molecular complexity index is 592. The Hall–Kier alpha value is -0.550. The number of thiophene rings is 1. The number of rotatable bonds is 2. The van der Waals surface area contributed by atoms with Crippen molar-refractivity contribution < 1.29 is 0 Å². The zero-order chi connectivity index (χ0) is 13.4. The Kier molecular flexibility index (Phi) is 3.85. The smallest absolute Gasteiger partial charge is 0.107 e. The summed E-state index contributed by atoms with van der Waals surface area (Å²) in [5, 5.41) is 0. The molecule has 100 valence electrons. The molecular formula is C14H14BrClN2S. The van der Waals surface area contributed by atoms with E-state index >= 15 is 0 Å². The third kappa shape index (κ3) is 2.82. The van der Waals surface area contributed by atoms with Crippen molar-refractivity contribution in [1.29, 1.82) is 0 Å². The van der Waals surface area contributed by atoms with Crippen molar-refractivity contribution in [3.63, 3.8) is 0 Å². The number of anilines is 1. The predicted octanol–water partition coefficient (Wildman–Crippen LogP) is 4.30. The van der Waals surface area contributed by atoms with Gasteiger partial charge >= 0.3 is 0 Å². The van der Waals surface area contributed by atoms with Gasteiger partial charge in [-0.05, 0) is 45.6 Å². The van der Waals surface area contributed by atoms with E-state index in [1.165, 1.54) is 16.0 Å². The summed E-state index contributed by atoms with van der Waals surface area (Å²) in [4.78, 5) is 3.74. The van der Waals surface area contributed by atoms with E-state index < -0.39 is 0 Å². The second-order valence-electron chi connectivity index (χ2n) is 4.78. The van der Waals surface area contributed by atoms with E-state index in [9.17, 15) is 0 Å². The first-order valence-corrected chi connectivity index (χ1v) is 8.14. The number of benzene rings is 1. The van der Waals surface area contributed by atoms with Crippen LogP contribution >= 0.6 is 38.9 Å². The van der Waals surface area contributed by atoms with E-state index in [1.807, 2.05) is 12.1 Å². The summed E-state index contributed by atoms with van der Waals surface area (Å²) in [5.41, 5.74) is 9.63. The normalized spacial score (nSPS) is 15.5. The first-order chi connectivity index (χ1) is 9.13. The number of hydrogen-bond acceptors (Lipinski definition) is 3. The summed E-state index contributed by atoms with van der Waals surface area (Å²) in [7, 11) is 0. The predicted molar refractivity (Wildman–Crippen MR) is 85.7 cm³/mol. The molecule has 2 N–H and O–H groups in total. The zero-order valence-electron chi connectivity index (χ0n) is 10.3. The molecule has 0 radical (unpaired) electrons. The molecule has 0 spiro atoms. The largest absolute Gasteiger partial charge is 0.398 e. The number of halogens is 2. The molecule has 2 heterocycles. The third-order valence-corrected chi connectivity index (χ3v) is 5.92. The Morgan fingerprint density at radius 2 is 2.26 bits per heavy atom. The van der Waals surface area contributed by atoms with Crippen LogP contribution in [0, 0.1) is 0 Å². The van der Waals surface area contributed by atoms with E-state index in [0.717, 1.165) is 40.6 Å². The fourth-order valence-electron chi connectivity index (χ4n) is 2.52. The number of nitrogens with two attached hydrogens (primary N) is 1. The van der Waals surface area contributed by atoms with Gasteiger partial charge in [-0.1, -0.05) is 23.7 Å². The van der Waals surface area contributed by atoms with Gasteiger partial charge in [-0.25, -0.2) is 0 Å². The molecule has 0 aliphatic carbocycles. The van der Waals surface area contributed by atoms with Gasteiger partial charge in [-0.3, -0.25) is 4.90 Å². The van der Waals surface area contributed by atoms with Crippen LogP contribution in [0.5, 0.6) is 0 Å². The molecule has 0 bridgehead atoms. The average Bonchev–Trinajstić information content (AvgIpc) is 2.68. The van der Waals surface area contributed by atoms with Gasteiger partial charge < -0.3 is 5.73 Å². The van der Waals surface area contributed by atoms with Crippen molar-refractivity contribution in [3.05, 3.63) is 49.1 Å². The quantitative estimate of drug-likeness (QED) is 0.812. The van der Waals surface area contributed by atoms with Crippen LogP contribution in [0.3, 0.4) is 0 Å². The number of fused-ring (bicyclic) bond motifs is 1. The van der Waals surface area contributed by atoms with Gasteiger partial charge in [0.15, 0.2) is 0 Å². The third-order valence-electron chi connectivity index (χ3n) is 3.46. The lowest BCUT2D eigenvalue weighted by molar-refractivity contribution is 0.248. The van der Waals surface area contributed by atoms with Gasteiger partial charge in [0.2, 0.25) is 0 Å². The molecule has 2 aromatic rings. The van der Waals surface area contributed by atoms with Crippen LogP contribution in [0.4, 0.5) is 5.69 Å². The Labute approximate surface area is 130 Å². The molecular weight excluding hydrogens is 344 g/mol. The van der Waals surface area contributed by atoms with E-state index in [4.69, 9.17) is 17.3 Å². The molecule has 5 heteroatoms. The molecule has 1 aromatic heterocycles. The van der Waals surface area contributed by atoms with Crippen molar-refractivity contribution in [2.24, 2.45) is 0 Å². The second-order valence-corrected chi connectivity index (χ2v) is 7.37. The maximum Gasteiger partial charge on any atom is 0.107 e. The van der Waals surface area contributed by atoms with Crippen LogP contribution in [0.1, 0.15) is 16.0 Å². The van der Waals surface area contributed by atoms with E-state index in [-0.39, 0.29) is 0 Å². The molecule has 0 atom stereocenters. The molecule has 0 fully saturated rings. The molecule has 0 unspecified atom stereocenters. The minimum Gasteiger partial charge on any atom is -0.398 e. The van der Waals surface area contributed by atoms with Crippen LogP contribution in [0.25, 0.3) is 0 Å². The minimum atomic E-state index is 0.830. The molecule has 0 saturated heterocycles. The van der Waals surface area contributed by atoms with Crippen LogP contribution in [-0.4, -0.2) is 11.4 Å². The first kappa shape index (κ1) is 13.4. The standard InChI is InChI=1S/C14H14BrClN2S/c15-12-6-10(19-14(12)16)8-18-5-4-11-9(7-18)2-1-3-13(11)17/h1-3,6H,4-5,7-8,17H2. The molecule has 2 nitrogen and oxygen atoms in total. The summed E-state index contributed by atoms with van der Waals surface area (Å²) in [5.74, 6) is 0. The number of hydrogen-bond donors (Lipinski definition) is 1. The molecule has 1 aliphatic heterocycles. The highest BCUT2D eigenvalue weighted by molar-refractivity contribution is 9.10. The van der Waals surface area contributed by atoms with E-state index in [2.05, 4.69) is 33.0 Å². The van der Waals surface area contributed by atoms with Crippen molar-refractivity contribution in [2.45, 2.75) is 19.5 Å². The second kappa shape index (κ2) is 5.44.